The number of hydrogen-bond acceptors (Lipinski definition) is 4. The van der Waals surface area contributed by atoms with Crippen LogP contribution in [0.3, 0.4) is 0 Å². The van der Waals surface area contributed by atoms with Gasteiger partial charge in [-0.3, -0.25) is 9.59 Å². The Bertz CT molecular complexity index is 884. The van der Waals surface area contributed by atoms with Gasteiger partial charge in [0.15, 0.2) is 5.82 Å². The van der Waals surface area contributed by atoms with Crippen LogP contribution >= 0.6 is 23.2 Å². The lowest BCUT2D eigenvalue weighted by molar-refractivity contribution is -0.149. The minimum absolute atomic E-state index is 0.0505. The molecule has 7 nitrogen and oxygen atoms in total. The number of alkyl halides is 3. The molecule has 0 saturated heterocycles. The highest BCUT2D eigenvalue weighted by Gasteiger charge is 2.40. The fraction of sp³-hybridized carbons (Fsp3) is 0.286. The van der Waals surface area contributed by atoms with Crippen LogP contribution in [0.2, 0.25) is 10.0 Å². The van der Waals surface area contributed by atoms with E-state index in [0.29, 0.717) is 5.02 Å². The molecule has 0 radical (unpaired) electrons. The van der Waals surface area contributed by atoms with Gasteiger partial charge in [0.1, 0.15) is 0 Å². The van der Waals surface area contributed by atoms with Crippen molar-refractivity contribution in [3.8, 4) is 0 Å². The van der Waals surface area contributed by atoms with Crippen LogP contribution in [-0.2, 0) is 28.9 Å². The first-order valence-electron chi connectivity index (χ1n) is 7.21. The molecule has 0 saturated carbocycles. The molecule has 26 heavy (non-hydrogen) atoms. The van der Waals surface area contributed by atoms with E-state index in [-0.39, 0.29) is 36.2 Å². The Labute approximate surface area is 154 Å². The van der Waals surface area contributed by atoms with Gasteiger partial charge in [0.25, 0.3) is 0 Å². The first-order chi connectivity index (χ1) is 12.2. The Morgan fingerprint density at radius 1 is 1.15 bits per heavy atom. The first-order valence-corrected chi connectivity index (χ1v) is 7.97. The summed E-state index contributed by atoms with van der Waals surface area (Å²) in [5, 5.41) is 9.39. The molecule has 0 unspecified atom stereocenters. The molecule has 0 aliphatic carbocycles. The fourth-order valence-electron chi connectivity index (χ4n) is 2.45. The fourth-order valence-corrected chi connectivity index (χ4v) is 2.79. The van der Waals surface area contributed by atoms with Gasteiger partial charge >= 0.3 is 18.0 Å². The van der Waals surface area contributed by atoms with Crippen LogP contribution in [0, 0.1) is 0 Å². The van der Waals surface area contributed by atoms with E-state index in [1.807, 2.05) is 0 Å². The average Bonchev–Trinajstić information content (AvgIpc) is 3.00. The summed E-state index contributed by atoms with van der Waals surface area (Å²) in [6, 6.07) is 4.33. The first kappa shape index (κ1) is 18.5. The summed E-state index contributed by atoms with van der Waals surface area (Å²) in [5.74, 6) is -3.10. The Morgan fingerprint density at radius 3 is 2.58 bits per heavy atom. The second-order valence-corrected chi connectivity index (χ2v) is 6.24. The molecule has 2 heterocycles. The molecule has 1 N–H and O–H groups in total. The van der Waals surface area contributed by atoms with Gasteiger partial charge in [-0.15, -0.1) is 10.2 Å². The molecule has 0 atom stereocenters. The van der Waals surface area contributed by atoms with E-state index >= 15 is 0 Å². The molecule has 3 rings (SSSR count). The Balaban J connectivity index is 1.72. The molecule has 1 aliphatic rings. The Morgan fingerprint density at radius 2 is 1.88 bits per heavy atom. The van der Waals surface area contributed by atoms with Gasteiger partial charge in [-0.1, -0.05) is 23.2 Å². The van der Waals surface area contributed by atoms with Crippen molar-refractivity contribution in [3.63, 3.8) is 0 Å². The molecule has 0 spiro atoms. The molecule has 12 heteroatoms. The maximum atomic E-state index is 12.8. The highest BCUT2D eigenvalue weighted by atomic mass is 35.5. The van der Waals surface area contributed by atoms with Crippen LogP contribution in [0.15, 0.2) is 18.2 Å². The predicted octanol–water partition coefficient (Wildman–Crippen LogP) is 2.58. The van der Waals surface area contributed by atoms with Crippen LogP contribution in [0.1, 0.15) is 11.6 Å². The molecule has 2 amide bonds. The van der Waals surface area contributed by atoms with E-state index < -0.39 is 23.8 Å². The topological polar surface area (TPSA) is 80.1 Å². The number of halogens is 5. The van der Waals surface area contributed by atoms with Crippen molar-refractivity contribution >= 4 is 40.7 Å². The highest BCUT2D eigenvalue weighted by molar-refractivity contribution is 6.42. The van der Waals surface area contributed by atoms with Crippen LogP contribution in [0.25, 0.3) is 0 Å². The zero-order valence-electron chi connectivity index (χ0n) is 12.8. The van der Waals surface area contributed by atoms with Gasteiger partial charge in [0.05, 0.1) is 17.3 Å². The van der Waals surface area contributed by atoms with Crippen molar-refractivity contribution in [2.75, 3.05) is 11.9 Å². The lowest BCUT2D eigenvalue weighted by atomic mass is 10.3. The summed E-state index contributed by atoms with van der Waals surface area (Å²) in [4.78, 5) is 25.5. The van der Waals surface area contributed by atoms with Crippen molar-refractivity contribution in [1.29, 1.82) is 0 Å². The number of benzene rings is 1. The predicted molar refractivity (Wildman–Crippen MR) is 85.5 cm³/mol. The molecule has 1 aliphatic heterocycles. The minimum Gasteiger partial charge on any atom is -0.325 e. The van der Waals surface area contributed by atoms with E-state index in [1.54, 1.807) is 0 Å². The standard InChI is InChI=1S/C14H10Cl2F3N5O2/c15-7-1-2-8(16)9(5-7)20-11(25)12(26)23-3-4-24-10(6-23)21-22-13(24)14(17,18)19/h1-2,5H,3-4,6H2,(H,20,25). The van der Waals surface area contributed by atoms with Gasteiger partial charge in [-0.2, -0.15) is 13.2 Å². The third-order valence-electron chi connectivity index (χ3n) is 3.66. The van der Waals surface area contributed by atoms with Gasteiger partial charge in [-0.25, -0.2) is 0 Å². The molecule has 138 valence electrons. The van der Waals surface area contributed by atoms with Crippen molar-refractivity contribution in [2.24, 2.45) is 0 Å². The van der Waals surface area contributed by atoms with Crippen LogP contribution in [0.4, 0.5) is 18.9 Å². The zero-order chi connectivity index (χ0) is 19.1. The number of carbonyl (C=O) groups excluding carboxylic acids is 2. The summed E-state index contributed by atoms with van der Waals surface area (Å²) < 4.78 is 39.3. The summed E-state index contributed by atoms with van der Waals surface area (Å²) in [6.45, 7) is -0.531. The summed E-state index contributed by atoms with van der Waals surface area (Å²) >= 11 is 11.7. The van der Waals surface area contributed by atoms with E-state index in [9.17, 15) is 22.8 Å². The van der Waals surface area contributed by atoms with Gasteiger partial charge < -0.3 is 14.8 Å². The number of aromatic nitrogens is 3. The maximum absolute atomic E-state index is 12.8. The number of hydrogen-bond donors (Lipinski definition) is 1. The monoisotopic (exact) mass is 407 g/mol. The van der Waals surface area contributed by atoms with E-state index in [2.05, 4.69) is 15.5 Å². The number of fused-ring (bicyclic) bond motifs is 1. The van der Waals surface area contributed by atoms with E-state index in [0.717, 1.165) is 9.47 Å². The lowest BCUT2D eigenvalue weighted by Gasteiger charge is -2.27. The number of carbonyl (C=O) groups is 2. The maximum Gasteiger partial charge on any atom is 0.451 e. The quantitative estimate of drug-likeness (QED) is 0.736. The summed E-state index contributed by atoms with van der Waals surface area (Å²) in [7, 11) is 0. The van der Waals surface area contributed by atoms with Gasteiger partial charge in [0.2, 0.25) is 5.82 Å². The van der Waals surface area contributed by atoms with Gasteiger partial charge in [-0.05, 0) is 18.2 Å². The van der Waals surface area contributed by atoms with Crippen molar-refractivity contribution in [3.05, 3.63) is 39.9 Å². The highest BCUT2D eigenvalue weighted by Crippen LogP contribution is 2.29. The normalized spacial score (nSPS) is 14.1. The number of nitrogens with one attached hydrogen (secondary N) is 1. The number of rotatable bonds is 1. The molecular formula is C14H10Cl2F3N5O2. The summed E-state index contributed by atoms with van der Waals surface area (Å²) in [5.41, 5.74) is 0.150. The summed E-state index contributed by atoms with van der Waals surface area (Å²) in [6.07, 6.45) is -4.64. The van der Waals surface area contributed by atoms with Gasteiger partial charge in [0, 0.05) is 18.1 Å². The van der Waals surface area contributed by atoms with Crippen molar-refractivity contribution in [2.45, 2.75) is 19.3 Å². The molecular weight excluding hydrogens is 398 g/mol. The van der Waals surface area contributed by atoms with Crippen LogP contribution in [0.5, 0.6) is 0 Å². The second kappa shape index (κ2) is 6.76. The molecule has 1 aromatic heterocycles. The second-order valence-electron chi connectivity index (χ2n) is 5.39. The SMILES string of the molecule is O=C(Nc1cc(Cl)ccc1Cl)C(=O)N1CCn2c(nnc2C(F)(F)F)C1. The van der Waals surface area contributed by atoms with Crippen LogP contribution < -0.4 is 5.32 Å². The third-order valence-corrected chi connectivity index (χ3v) is 4.23. The molecule has 0 bridgehead atoms. The number of anilines is 1. The smallest absolute Gasteiger partial charge is 0.325 e. The van der Waals surface area contributed by atoms with E-state index in [1.165, 1.54) is 18.2 Å². The van der Waals surface area contributed by atoms with Crippen molar-refractivity contribution in [1.82, 2.24) is 19.7 Å². The number of amides is 2. The lowest BCUT2D eigenvalue weighted by Crippen LogP contribution is -2.44. The number of nitrogens with zero attached hydrogens (tertiary/aromatic N) is 4. The average molecular weight is 408 g/mol. The van der Waals surface area contributed by atoms with E-state index in [4.69, 9.17) is 23.2 Å². The molecule has 2 aromatic rings. The van der Waals surface area contributed by atoms with Crippen molar-refractivity contribution < 1.29 is 22.8 Å². The zero-order valence-corrected chi connectivity index (χ0v) is 14.4. The molecule has 1 aromatic carbocycles. The Kier molecular flexibility index (Phi) is 4.80. The minimum atomic E-state index is -4.64. The Hall–Kier alpha value is -2.33. The third kappa shape index (κ3) is 3.61. The molecule has 0 fully saturated rings. The van der Waals surface area contributed by atoms with Crippen LogP contribution in [-0.4, -0.2) is 38.0 Å². The largest absolute Gasteiger partial charge is 0.451 e.